The van der Waals surface area contributed by atoms with E-state index in [1.807, 2.05) is 44.2 Å². The first-order valence-electron chi connectivity index (χ1n) is 5.97. The Morgan fingerprint density at radius 1 is 1.11 bits per heavy atom. The van der Waals surface area contributed by atoms with Crippen LogP contribution in [0.4, 0.5) is 11.4 Å². The normalized spacial score (nSPS) is 10.4. The number of hydrogen-bond acceptors (Lipinski definition) is 3. The summed E-state index contributed by atoms with van der Waals surface area (Å²) < 4.78 is 0. The van der Waals surface area contributed by atoms with E-state index >= 15 is 0 Å². The maximum atomic E-state index is 9.95. The number of phenolic OH excluding ortho intramolecular Hbond substituents is 1. The predicted octanol–water partition coefficient (Wildman–Crippen LogP) is 3.21. The van der Waals surface area contributed by atoms with Crippen molar-refractivity contribution in [1.29, 1.82) is 0 Å². The van der Waals surface area contributed by atoms with Gasteiger partial charge in [-0.3, -0.25) is 0 Å². The van der Waals surface area contributed by atoms with Crippen LogP contribution < -0.4 is 11.1 Å². The first kappa shape index (κ1) is 12.5. The molecule has 4 N–H and O–H groups in total. The van der Waals surface area contributed by atoms with Crippen molar-refractivity contribution >= 4 is 11.4 Å². The number of benzene rings is 2. The highest BCUT2D eigenvalue weighted by Gasteiger charge is 2.09. The summed E-state index contributed by atoms with van der Waals surface area (Å²) in [5.41, 5.74) is 10.6. The zero-order chi connectivity index (χ0) is 13.1. The van der Waals surface area contributed by atoms with Crippen LogP contribution in [0.3, 0.4) is 0 Å². The van der Waals surface area contributed by atoms with Crippen LogP contribution in [-0.4, -0.2) is 5.11 Å². The third kappa shape index (κ3) is 2.31. The smallest absolute Gasteiger partial charge is 0.139 e. The van der Waals surface area contributed by atoms with Gasteiger partial charge in [0.15, 0.2) is 0 Å². The maximum Gasteiger partial charge on any atom is 0.139 e. The Bertz CT molecular complexity index is 564. The number of para-hydroxylation sites is 1. The quantitative estimate of drug-likeness (QED) is 0.724. The minimum atomic E-state index is 0.255. The lowest BCUT2D eigenvalue weighted by Gasteiger charge is -2.15. The Kier molecular flexibility index (Phi) is 3.53. The molecule has 0 saturated heterocycles. The number of rotatable bonds is 3. The second-order valence-corrected chi connectivity index (χ2v) is 4.39. The van der Waals surface area contributed by atoms with Gasteiger partial charge in [-0.15, -0.1) is 0 Å². The molecule has 0 aliphatic rings. The number of nitrogens with one attached hydrogen (secondary N) is 1. The molecular weight excluding hydrogens is 224 g/mol. The van der Waals surface area contributed by atoms with Crippen LogP contribution in [0.25, 0.3) is 0 Å². The van der Waals surface area contributed by atoms with Crippen molar-refractivity contribution in [2.45, 2.75) is 20.4 Å². The molecule has 0 atom stereocenters. The number of phenols is 1. The molecule has 0 unspecified atom stereocenters. The summed E-state index contributed by atoms with van der Waals surface area (Å²) >= 11 is 0. The molecule has 3 nitrogen and oxygen atoms in total. The number of aryl methyl sites for hydroxylation is 1. The van der Waals surface area contributed by atoms with Gasteiger partial charge in [0.05, 0.1) is 5.69 Å². The lowest BCUT2D eigenvalue weighted by atomic mass is 10.1. The zero-order valence-electron chi connectivity index (χ0n) is 10.7. The van der Waals surface area contributed by atoms with Gasteiger partial charge in [-0.25, -0.2) is 0 Å². The number of anilines is 2. The first-order chi connectivity index (χ1) is 8.63. The highest BCUT2D eigenvalue weighted by atomic mass is 16.3. The van der Waals surface area contributed by atoms with Gasteiger partial charge < -0.3 is 16.2 Å². The molecule has 2 rings (SSSR count). The van der Waals surface area contributed by atoms with Crippen LogP contribution in [0.1, 0.15) is 16.7 Å². The third-order valence-electron chi connectivity index (χ3n) is 3.21. The Morgan fingerprint density at radius 3 is 2.56 bits per heavy atom. The van der Waals surface area contributed by atoms with Crippen molar-refractivity contribution in [3.63, 3.8) is 0 Å². The number of nitrogens with two attached hydrogens (primary N) is 1. The molecule has 0 bridgehead atoms. The molecule has 3 heteroatoms. The molecule has 0 radical (unpaired) electrons. The Hall–Kier alpha value is -2.00. The van der Waals surface area contributed by atoms with Crippen LogP contribution in [0.15, 0.2) is 36.4 Å². The minimum Gasteiger partial charge on any atom is -0.506 e. The highest BCUT2D eigenvalue weighted by Crippen LogP contribution is 2.32. The van der Waals surface area contributed by atoms with Crippen molar-refractivity contribution in [2.75, 3.05) is 5.32 Å². The van der Waals surface area contributed by atoms with Crippen LogP contribution in [0.5, 0.6) is 5.75 Å². The fourth-order valence-electron chi connectivity index (χ4n) is 1.91. The lowest BCUT2D eigenvalue weighted by molar-refractivity contribution is 0.477. The van der Waals surface area contributed by atoms with Gasteiger partial charge in [0.25, 0.3) is 0 Å². The molecular formula is C15H18N2O. The van der Waals surface area contributed by atoms with Gasteiger partial charge in [0.1, 0.15) is 5.75 Å². The molecule has 94 valence electrons. The Balaban J connectivity index is 2.43. The Morgan fingerprint density at radius 2 is 1.83 bits per heavy atom. The number of aromatic hydroxyl groups is 1. The fraction of sp³-hybridized carbons (Fsp3) is 0.200. The molecule has 18 heavy (non-hydrogen) atoms. The van der Waals surface area contributed by atoms with Crippen molar-refractivity contribution in [3.8, 4) is 5.75 Å². The summed E-state index contributed by atoms with van der Waals surface area (Å²) in [7, 11) is 0. The second kappa shape index (κ2) is 5.10. The molecule has 0 amide bonds. The largest absolute Gasteiger partial charge is 0.506 e. The van der Waals surface area contributed by atoms with Crippen LogP contribution >= 0.6 is 0 Å². The second-order valence-electron chi connectivity index (χ2n) is 4.39. The molecule has 0 fully saturated rings. The van der Waals surface area contributed by atoms with E-state index in [1.165, 1.54) is 0 Å². The topological polar surface area (TPSA) is 58.3 Å². The van der Waals surface area contributed by atoms with Crippen molar-refractivity contribution < 1.29 is 5.11 Å². The monoisotopic (exact) mass is 242 g/mol. The summed E-state index contributed by atoms with van der Waals surface area (Å²) in [4.78, 5) is 0. The molecule has 0 aliphatic heterocycles. The van der Waals surface area contributed by atoms with E-state index in [0.29, 0.717) is 6.54 Å². The third-order valence-corrected chi connectivity index (χ3v) is 3.21. The fourth-order valence-corrected chi connectivity index (χ4v) is 1.91. The van der Waals surface area contributed by atoms with Gasteiger partial charge in [-0.2, -0.15) is 0 Å². The van der Waals surface area contributed by atoms with Crippen molar-refractivity contribution in [2.24, 2.45) is 5.73 Å². The van der Waals surface area contributed by atoms with Crippen molar-refractivity contribution in [1.82, 2.24) is 0 Å². The molecule has 0 saturated carbocycles. The van der Waals surface area contributed by atoms with E-state index in [4.69, 9.17) is 5.73 Å². The molecule has 0 spiro atoms. The van der Waals surface area contributed by atoms with E-state index < -0.39 is 0 Å². The van der Waals surface area contributed by atoms with Gasteiger partial charge in [0.2, 0.25) is 0 Å². The maximum absolute atomic E-state index is 9.95. The van der Waals surface area contributed by atoms with Gasteiger partial charge in [-0.05, 0) is 42.7 Å². The van der Waals surface area contributed by atoms with Gasteiger partial charge in [0, 0.05) is 12.2 Å². The van der Waals surface area contributed by atoms with E-state index in [0.717, 1.165) is 28.1 Å². The van der Waals surface area contributed by atoms with Crippen LogP contribution in [0, 0.1) is 13.8 Å². The molecule has 0 aromatic heterocycles. The zero-order valence-corrected chi connectivity index (χ0v) is 10.7. The molecule has 2 aromatic carbocycles. The van der Waals surface area contributed by atoms with E-state index in [9.17, 15) is 5.11 Å². The molecule has 0 aliphatic carbocycles. The van der Waals surface area contributed by atoms with Crippen LogP contribution in [0.2, 0.25) is 0 Å². The first-order valence-corrected chi connectivity index (χ1v) is 5.97. The van der Waals surface area contributed by atoms with Gasteiger partial charge >= 0.3 is 0 Å². The number of hydrogen-bond donors (Lipinski definition) is 3. The highest BCUT2D eigenvalue weighted by molar-refractivity contribution is 5.72. The SMILES string of the molecule is Cc1ccc(O)c(Nc2ccccc2CN)c1C. The van der Waals surface area contributed by atoms with E-state index in [-0.39, 0.29) is 5.75 Å². The summed E-state index contributed by atoms with van der Waals surface area (Å²) in [6.45, 7) is 4.48. The average Bonchev–Trinajstić information content (AvgIpc) is 2.39. The predicted molar refractivity (Wildman–Crippen MR) is 75.2 cm³/mol. The van der Waals surface area contributed by atoms with Gasteiger partial charge in [-0.1, -0.05) is 24.3 Å². The Labute approximate surface area is 107 Å². The van der Waals surface area contributed by atoms with Crippen molar-refractivity contribution in [3.05, 3.63) is 53.1 Å². The summed E-state index contributed by atoms with van der Waals surface area (Å²) in [6, 6.07) is 11.5. The van der Waals surface area contributed by atoms with Crippen LogP contribution in [-0.2, 0) is 6.54 Å². The molecule has 2 aromatic rings. The average molecular weight is 242 g/mol. The minimum absolute atomic E-state index is 0.255. The van der Waals surface area contributed by atoms with E-state index in [1.54, 1.807) is 6.07 Å². The van der Waals surface area contributed by atoms with E-state index in [2.05, 4.69) is 5.32 Å². The summed E-state index contributed by atoms with van der Waals surface area (Å²) in [5, 5.41) is 13.2. The standard InChI is InChI=1S/C15H18N2O/c1-10-7-8-14(18)15(11(10)2)17-13-6-4-3-5-12(13)9-16/h3-8,17-18H,9,16H2,1-2H3. The summed E-state index contributed by atoms with van der Waals surface area (Å²) in [5.74, 6) is 0.255. The lowest BCUT2D eigenvalue weighted by Crippen LogP contribution is -2.03. The summed E-state index contributed by atoms with van der Waals surface area (Å²) in [6.07, 6.45) is 0. The molecule has 0 heterocycles.